The van der Waals surface area contributed by atoms with Crippen molar-refractivity contribution >= 4 is 17.7 Å². The van der Waals surface area contributed by atoms with E-state index >= 15 is 0 Å². The van der Waals surface area contributed by atoms with E-state index in [1.54, 1.807) is 18.3 Å². The molecule has 1 atom stereocenters. The normalized spacial score (nSPS) is 12.4. The van der Waals surface area contributed by atoms with Crippen molar-refractivity contribution in [2.45, 2.75) is 11.1 Å². The van der Waals surface area contributed by atoms with Gasteiger partial charge < -0.3 is 15.9 Å². The molecule has 1 rings (SSSR count). The molecule has 0 fully saturated rings. The number of rotatable bonds is 5. The van der Waals surface area contributed by atoms with Gasteiger partial charge in [-0.15, -0.1) is 11.8 Å². The van der Waals surface area contributed by atoms with Crippen molar-refractivity contribution in [1.29, 1.82) is 0 Å². The molecule has 0 aromatic carbocycles. The standard InChI is InChI=1S/C9H12N2O3S/c10-8(14)7-2-1-3-11-9(7)15-5-6(13)4-12/h1-3,6,12-13H,4-5H2,(H2,10,14). The highest BCUT2D eigenvalue weighted by molar-refractivity contribution is 7.99. The first-order valence-corrected chi connectivity index (χ1v) is 5.30. The van der Waals surface area contributed by atoms with E-state index < -0.39 is 12.0 Å². The fourth-order valence-electron chi connectivity index (χ4n) is 0.921. The Hall–Kier alpha value is -1.11. The second-order valence-electron chi connectivity index (χ2n) is 2.87. The largest absolute Gasteiger partial charge is 0.394 e. The third kappa shape index (κ3) is 3.50. The van der Waals surface area contributed by atoms with Crippen LogP contribution in [0, 0.1) is 0 Å². The van der Waals surface area contributed by atoms with E-state index in [1.165, 1.54) is 11.8 Å². The number of hydrogen-bond donors (Lipinski definition) is 3. The van der Waals surface area contributed by atoms with Crippen LogP contribution in [0.5, 0.6) is 0 Å². The lowest BCUT2D eigenvalue weighted by atomic mass is 10.3. The average molecular weight is 228 g/mol. The smallest absolute Gasteiger partial charge is 0.251 e. The lowest BCUT2D eigenvalue weighted by Crippen LogP contribution is -2.16. The average Bonchev–Trinajstić information content (AvgIpc) is 2.26. The van der Waals surface area contributed by atoms with Crippen LogP contribution < -0.4 is 5.73 Å². The Morgan fingerprint density at radius 3 is 3.00 bits per heavy atom. The third-order valence-electron chi connectivity index (χ3n) is 1.66. The molecule has 1 heterocycles. The van der Waals surface area contributed by atoms with Gasteiger partial charge in [0.25, 0.3) is 5.91 Å². The number of aliphatic hydroxyl groups excluding tert-OH is 2. The second kappa shape index (κ2) is 5.69. The first kappa shape index (κ1) is 12.0. The molecule has 0 saturated carbocycles. The van der Waals surface area contributed by atoms with Crippen LogP contribution in [-0.2, 0) is 0 Å². The Bertz CT molecular complexity index is 346. The van der Waals surface area contributed by atoms with E-state index in [2.05, 4.69) is 4.98 Å². The lowest BCUT2D eigenvalue weighted by Gasteiger charge is -2.07. The zero-order valence-corrected chi connectivity index (χ0v) is 8.78. The zero-order chi connectivity index (χ0) is 11.3. The summed E-state index contributed by atoms with van der Waals surface area (Å²) in [4.78, 5) is 15.0. The highest BCUT2D eigenvalue weighted by Gasteiger charge is 2.11. The monoisotopic (exact) mass is 228 g/mol. The summed E-state index contributed by atoms with van der Waals surface area (Å²) in [6.07, 6.45) is 0.720. The summed E-state index contributed by atoms with van der Waals surface area (Å²) in [6, 6.07) is 3.19. The van der Waals surface area contributed by atoms with Gasteiger partial charge in [-0.3, -0.25) is 4.79 Å². The molecule has 1 aromatic rings. The van der Waals surface area contributed by atoms with Crippen LogP contribution in [0.2, 0.25) is 0 Å². The lowest BCUT2D eigenvalue weighted by molar-refractivity contribution is 0.0996. The van der Waals surface area contributed by atoms with E-state index in [-0.39, 0.29) is 12.4 Å². The molecule has 0 aliphatic rings. The van der Waals surface area contributed by atoms with Crippen molar-refractivity contribution in [2.24, 2.45) is 5.73 Å². The van der Waals surface area contributed by atoms with Crippen molar-refractivity contribution in [3.63, 3.8) is 0 Å². The number of primary amides is 1. The van der Waals surface area contributed by atoms with Gasteiger partial charge in [0.1, 0.15) is 5.03 Å². The molecule has 15 heavy (non-hydrogen) atoms. The molecular formula is C9H12N2O3S. The molecule has 82 valence electrons. The maximum Gasteiger partial charge on any atom is 0.251 e. The number of carbonyl (C=O) groups is 1. The van der Waals surface area contributed by atoms with Crippen LogP contribution in [-0.4, -0.2) is 39.6 Å². The number of aliphatic hydroxyl groups is 2. The molecular weight excluding hydrogens is 216 g/mol. The van der Waals surface area contributed by atoms with Gasteiger partial charge >= 0.3 is 0 Å². The number of aromatic nitrogens is 1. The van der Waals surface area contributed by atoms with Gasteiger partial charge in [0.2, 0.25) is 0 Å². The van der Waals surface area contributed by atoms with Gasteiger partial charge in [0.05, 0.1) is 18.3 Å². The van der Waals surface area contributed by atoms with E-state index in [4.69, 9.17) is 15.9 Å². The number of thioether (sulfide) groups is 1. The predicted octanol–water partition coefficient (Wildman–Crippen LogP) is -0.374. The van der Waals surface area contributed by atoms with Gasteiger partial charge in [0.15, 0.2) is 0 Å². The van der Waals surface area contributed by atoms with Gasteiger partial charge in [-0.05, 0) is 12.1 Å². The number of hydrogen-bond acceptors (Lipinski definition) is 5. The molecule has 4 N–H and O–H groups in total. The summed E-state index contributed by atoms with van der Waals surface area (Å²) in [5, 5.41) is 18.2. The molecule has 0 bridgehead atoms. The number of nitrogens with zero attached hydrogens (tertiary/aromatic N) is 1. The van der Waals surface area contributed by atoms with Crippen LogP contribution in [0.1, 0.15) is 10.4 Å². The Labute approximate surface area is 91.3 Å². The topological polar surface area (TPSA) is 96.4 Å². The molecule has 0 aliphatic heterocycles. The van der Waals surface area contributed by atoms with Crippen LogP contribution in [0.25, 0.3) is 0 Å². The molecule has 6 heteroatoms. The molecule has 1 unspecified atom stereocenters. The number of nitrogens with two attached hydrogens (primary N) is 1. The number of amides is 1. The van der Waals surface area contributed by atoms with E-state index in [0.29, 0.717) is 10.6 Å². The SMILES string of the molecule is NC(=O)c1cccnc1SCC(O)CO. The van der Waals surface area contributed by atoms with Crippen molar-refractivity contribution in [2.75, 3.05) is 12.4 Å². The molecule has 0 saturated heterocycles. The van der Waals surface area contributed by atoms with Crippen LogP contribution in [0.3, 0.4) is 0 Å². The Kier molecular flexibility index (Phi) is 4.54. The molecule has 0 radical (unpaired) electrons. The summed E-state index contributed by atoms with van der Waals surface area (Å²) >= 11 is 1.19. The summed E-state index contributed by atoms with van der Waals surface area (Å²) in [5.74, 6) is -0.280. The first-order chi connectivity index (χ1) is 7.15. The van der Waals surface area contributed by atoms with Crippen molar-refractivity contribution in [1.82, 2.24) is 4.98 Å². The summed E-state index contributed by atoms with van der Waals surface area (Å²) in [7, 11) is 0. The summed E-state index contributed by atoms with van der Waals surface area (Å²) in [5.41, 5.74) is 5.48. The molecule has 1 amide bonds. The van der Waals surface area contributed by atoms with E-state index in [9.17, 15) is 4.79 Å². The highest BCUT2D eigenvalue weighted by Crippen LogP contribution is 2.20. The van der Waals surface area contributed by atoms with E-state index in [1.807, 2.05) is 0 Å². The summed E-state index contributed by atoms with van der Waals surface area (Å²) in [6.45, 7) is -0.314. The van der Waals surface area contributed by atoms with E-state index in [0.717, 1.165) is 0 Å². The van der Waals surface area contributed by atoms with Gasteiger partial charge in [0, 0.05) is 11.9 Å². The Morgan fingerprint density at radius 1 is 1.67 bits per heavy atom. The molecule has 0 aliphatic carbocycles. The minimum Gasteiger partial charge on any atom is -0.394 e. The minimum atomic E-state index is -0.822. The van der Waals surface area contributed by atoms with Crippen LogP contribution >= 0.6 is 11.8 Å². The quantitative estimate of drug-likeness (QED) is 0.597. The molecule has 1 aromatic heterocycles. The second-order valence-corrected chi connectivity index (χ2v) is 3.88. The van der Waals surface area contributed by atoms with Crippen LogP contribution in [0.4, 0.5) is 0 Å². The third-order valence-corrected chi connectivity index (χ3v) is 2.81. The van der Waals surface area contributed by atoms with Gasteiger partial charge in [-0.25, -0.2) is 4.98 Å². The fourth-order valence-corrected chi connectivity index (χ4v) is 1.84. The van der Waals surface area contributed by atoms with Crippen molar-refractivity contribution < 1.29 is 15.0 Å². The Balaban J connectivity index is 2.72. The minimum absolute atomic E-state index is 0.272. The first-order valence-electron chi connectivity index (χ1n) is 4.31. The van der Waals surface area contributed by atoms with Gasteiger partial charge in [-0.2, -0.15) is 0 Å². The maximum atomic E-state index is 11.0. The molecule has 5 nitrogen and oxygen atoms in total. The summed E-state index contributed by atoms with van der Waals surface area (Å²) < 4.78 is 0. The highest BCUT2D eigenvalue weighted by atomic mass is 32.2. The molecule has 0 spiro atoms. The van der Waals surface area contributed by atoms with Crippen LogP contribution in [0.15, 0.2) is 23.4 Å². The number of pyridine rings is 1. The maximum absolute atomic E-state index is 11.0. The predicted molar refractivity (Wildman–Crippen MR) is 56.6 cm³/mol. The van der Waals surface area contributed by atoms with Gasteiger partial charge in [-0.1, -0.05) is 0 Å². The number of carbonyl (C=O) groups excluding carboxylic acids is 1. The zero-order valence-electron chi connectivity index (χ0n) is 7.96. The fraction of sp³-hybridized carbons (Fsp3) is 0.333. The van der Waals surface area contributed by atoms with Crippen molar-refractivity contribution in [3.05, 3.63) is 23.9 Å². The Morgan fingerprint density at radius 2 is 2.40 bits per heavy atom. The van der Waals surface area contributed by atoms with Crippen molar-refractivity contribution in [3.8, 4) is 0 Å².